The number of carbonyl (C=O) groups excluding carboxylic acids is 1. The Morgan fingerprint density at radius 2 is 2.13 bits per heavy atom. The van der Waals surface area contributed by atoms with Crippen molar-refractivity contribution in [3.63, 3.8) is 0 Å². The average Bonchev–Trinajstić information content (AvgIpc) is 3.03. The molecule has 1 heterocycles. The maximum atomic E-state index is 11.9. The van der Waals surface area contributed by atoms with E-state index in [0.29, 0.717) is 25.9 Å². The standard InChI is InChI=1S/C11H19NO3/c1-2-15-10(13)11(12-9-3-4-9)5-7-14-8-6-11/h9,12H,2-8H2,1H3. The molecule has 0 amide bonds. The van der Waals surface area contributed by atoms with Gasteiger partial charge >= 0.3 is 5.97 Å². The molecule has 1 saturated carbocycles. The largest absolute Gasteiger partial charge is 0.465 e. The molecule has 0 spiro atoms. The Balaban J connectivity index is 2.01. The average molecular weight is 213 g/mol. The second-order valence-corrected chi connectivity index (χ2v) is 4.33. The van der Waals surface area contributed by atoms with Crippen LogP contribution in [-0.4, -0.2) is 37.4 Å². The molecule has 2 aliphatic rings. The number of hydrogen-bond donors (Lipinski definition) is 1. The van der Waals surface area contributed by atoms with Crippen LogP contribution >= 0.6 is 0 Å². The van der Waals surface area contributed by atoms with Gasteiger partial charge in [0.15, 0.2) is 0 Å². The summed E-state index contributed by atoms with van der Waals surface area (Å²) in [6.07, 6.45) is 3.84. The molecule has 0 radical (unpaired) electrons. The Kier molecular flexibility index (Phi) is 3.26. The molecule has 4 heteroatoms. The summed E-state index contributed by atoms with van der Waals surface area (Å²) in [6, 6.07) is 0.521. The monoisotopic (exact) mass is 213 g/mol. The molecule has 0 bridgehead atoms. The Morgan fingerprint density at radius 1 is 1.47 bits per heavy atom. The van der Waals surface area contributed by atoms with E-state index in [0.717, 1.165) is 12.8 Å². The second kappa shape index (κ2) is 4.49. The summed E-state index contributed by atoms with van der Waals surface area (Å²) in [5.41, 5.74) is -0.463. The van der Waals surface area contributed by atoms with E-state index in [-0.39, 0.29) is 5.97 Å². The maximum absolute atomic E-state index is 11.9. The summed E-state index contributed by atoms with van der Waals surface area (Å²) in [4.78, 5) is 11.9. The van der Waals surface area contributed by atoms with Crippen molar-refractivity contribution in [1.29, 1.82) is 0 Å². The molecule has 4 nitrogen and oxygen atoms in total. The predicted octanol–water partition coefficient (Wildman–Crippen LogP) is 0.851. The smallest absolute Gasteiger partial charge is 0.326 e. The van der Waals surface area contributed by atoms with Gasteiger partial charge in [0.25, 0.3) is 0 Å². The molecule has 2 fully saturated rings. The summed E-state index contributed by atoms with van der Waals surface area (Å²) in [5.74, 6) is -0.0970. The van der Waals surface area contributed by atoms with E-state index in [1.165, 1.54) is 12.8 Å². The highest BCUT2D eigenvalue weighted by molar-refractivity contribution is 5.81. The molecule has 0 aromatic rings. The predicted molar refractivity (Wildman–Crippen MR) is 55.6 cm³/mol. The van der Waals surface area contributed by atoms with Crippen molar-refractivity contribution in [3.05, 3.63) is 0 Å². The van der Waals surface area contributed by atoms with Gasteiger partial charge in [0.2, 0.25) is 0 Å². The fraction of sp³-hybridized carbons (Fsp3) is 0.909. The highest BCUT2D eigenvalue weighted by Gasteiger charge is 2.44. The first-order valence-corrected chi connectivity index (χ1v) is 5.79. The third-order valence-electron chi connectivity index (χ3n) is 3.07. The first-order chi connectivity index (χ1) is 7.27. The van der Waals surface area contributed by atoms with Gasteiger partial charge in [-0.25, -0.2) is 0 Å². The molecule has 2 rings (SSSR count). The number of nitrogens with one attached hydrogen (secondary N) is 1. The van der Waals surface area contributed by atoms with Crippen LogP contribution in [0.1, 0.15) is 32.6 Å². The highest BCUT2D eigenvalue weighted by atomic mass is 16.5. The van der Waals surface area contributed by atoms with Crippen molar-refractivity contribution < 1.29 is 14.3 Å². The zero-order chi connectivity index (χ0) is 10.7. The summed E-state index contributed by atoms with van der Waals surface area (Å²) in [7, 11) is 0. The van der Waals surface area contributed by atoms with Crippen molar-refractivity contribution >= 4 is 5.97 Å². The van der Waals surface area contributed by atoms with Gasteiger partial charge in [0.05, 0.1) is 6.61 Å². The third kappa shape index (κ3) is 2.49. The van der Waals surface area contributed by atoms with E-state index >= 15 is 0 Å². The minimum absolute atomic E-state index is 0.0970. The van der Waals surface area contributed by atoms with Crippen LogP contribution in [0.3, 0.4) is 0 Å². The van der Waals surface area contributed by atoms with E-state index in [9.17, 15) is 4.79 Å². The minimum atomic E-state index is -0.463. The van der Waals surface area contributed by atoms with Crippen molar-refractivity contribution in [1.82, 2.24) is 5.32 Å². The van der Waals surface area contributed by atoms with Crippen molar-refractivity contribution in [2.24, 2.45) is 0 Å². The van der Waals surface area contributed by atoms with Crippen LogP contribution in [-0.2, 0) is 14.3 Å². The summed E-state index contributed by atoms with van der Waals surface area (Å²) in [6.45, 7) is 3.60. The van der Waals surface area contributed by atoms with Crippen LogP contribution in [0.5, 0.6) is 0 Å². The molecule has 1 aliphatic carbocycles. The molecule has 0 unspecified atom stereocenters. The van der Waals surface area contributed by atoms with E-state index in [2.05, 4.69) is 5.32 Å². The molecule has 1 N–H and O–H groups in total. The molecular weight excluding hydrogens is 194 g/mol. The summed E-state index contributed by atoms with van der Waals surface area (Å²) >= 11 is 0. The van der Waals surface area contributed by atoms with Gasteiger partial charge in [0, 0.05) is 19.3 Å². The van der Waals surface area contributed by atoms with Crippen molar-refractivity contribution in [2.75, 3.05) is 19.8 Å². The third-order valence-corrected chi connectivity index (χ3v) is 3.07. The van der Waals surface area contributed by atoms with Gasteiger partial charge < -0.3 is 9.47 Å². The quantitative estimate of drug-likeness (QED) is 0.703. The SMILES string of the molecule is CCOC(=O)C1(NC2CC2)CCOCC1. The van der Waals surface area contributed by atoms with Gasteiger partial charge in [-0.15, -0.1) is 0 Å². The highest BCUT2D eigenvalue weighted by Crippen LogP contribution is 2.29. The van der Waals surface area contributed by atoms with Gasteiger partial charge in [-0.3, -0.25) is 10.1 Å². The topological polar surface area (TPSA) is 47.6 Å². The second-order valence-electron chi connectivity index (χ2n) is 4.33. The number of esters is 1. The van der Waals surface area contributed by atoms with Gasteiger partial charge in [-0.05, 0) is 32.6 Å². The zero-order valence-corrected chi connectivity index (χ0v) is 9.25. The lowest BCUT2D eigenvalue weighted by Gasteiger charge is -2.35. The van der Waals surface area contributed by atoms with Crippen LogP contribution in [0.15, 0.2) is 0 Å². The molecule has 1 saturated heterocycles. The Labute approximate surface area is 90.3 Å². The summed E-state index contributed by atoms with van der Waals surface area (Å²) < 4.78 is 10.5. The fourth-order valence-electron chi connectivity index (χ4n) is 2.01. The molecule has 15 heavy (non-hydrogen) atoms. The normalized spacial score (nSPS) is 24.9. The van der Waals surface area contributed by atoms with E-state index in [1.807, 2.05) is 6.92 Å². The minimum Gasteiger partial charge on any atom is -0.465 e. The van der Waals surface area contributed by atoms with Crippen LogP contribution in [0.2, 0.25) is 0 Å². The fourth-order valence-corrected chi connectivity index (χ4v) is 2.01. The Bertz CT molecular complexity index is 232. The zero-order valence-electron chi connectivity index (χ0n) is 9.25. The van der Waals surface area contributed by atoms with Crippen LogP contribution in [0, 0.1) is 0 Å². The van der Waals surface area contributed by atoms with Gasteiger partial charge in [0.1, 0.15) is 5.54 Å². The van der Waals surface area contributed by atoms with Crippen LogP contribution in [0.4, 0.5) is 0 Å². The first kappa shape index (κ1) is 10.9. The van der Waals surface area contributed by atoms with Crippen molar-refractivity contribution in [3.8, 4) is 0 Å². The molecule has 0 atom stereocenters. The molecule has 1 aliphatic heterocycles. The van der Waals surface area contributed by atoms with E-state index in [1.54, 1.807) is 0 Å². The van der Waals surface area contributed by atoms with E-state index < -0.39 is 5.54 Å². The number of ether oxygens (including phenoxy) is 2. The molecule has 0 aromatic carbocycles. The van der Waals surface area contributed by atoms with Crippen LogP contribution in [0.25, 0.3) is 0 Å². The lowest BCUT2D eigenvalue weighted by Crippen LogP contribution is -2.57. The Morgan fingerprint density at radius 3 is 2.67 bits per heavy atom. The van der Waals surface area contributed by atoms with Gasteiger partial charge in [-0.2, -0.15) is 0 Å². The number of hydrogen-bond acceptors (Lipinski definition) is 4. The number of rotatable bonds is 4. The lowest BCUT2D eigenvalue weighted by atomic mass is 9.90. The van der Waals surface area contributed by atoms with Crippen molar-refractivity contribution in [2.45, 2.75) is 44.2 Å². The molecule has 0 aromatic heterocycles. The summed E-state index contributed by atoms with van der Waals surface area (Å²) in [5, 5.41) is 3.44. The molecule has 86 valence electrons. The lowest BCUT2D eigenvalue weighted by molar-refractivity contribution is -0.155. The number of carbonyl (C=O) groups is 1. The Hall–Kier alpha value is -0.610. The van der Waals surface area contributed by atoms with Gasteiger partial charge in [-0.1, -0.05) is 0 Å². The molecular formula is C11H19NO3. The first-order valence-electron chi connectivity index (χ1n) is 5.79. The van der Waals surface area contributed by atoms with Crippen LogP contribution < -0.4 is 5.32 Å². The van der Waals surface area contributed by atoms with E-state index in [4.69, 9.17) is 9.47 Å². The maximum Gasteiger partial charge on any atom is 0.326 e.